The van der Waals surface area contributed by atoms with Crippen LogP contribution < -0.4 is 0 Å². The number of rotatable bonds is 1. The van der Waals surface area contributed by atoms with Crippen LogP contribution in [0.25, 0.3) is 0 Å². The van der Waals surface area contributed by atoms with Crippen molar-refractivity contribution in [2.45, 2.75) is 38.0 Å². The minimum Gasteiger partial charge on any atom is -0.300 e. The first-order valence-electron chi connectivity index (χ1n) is 3.84. The minimum atomic E-state index is 0.315. The van der Waals surface area contributed by atoms with E-state index >= 15 is 0 Å². The van der Waals surface area contributed by atoms with Gasteiger partial charge in [-0.2, -0.15) is 0 Å². The van der Waals surface area contributed by atoms with E-state index in [9.17, 15) is 4.79 Å². The molecule has 0 radical (unpaired) electrons. The number of carbonyl (C=O) groups excluding carboxylic acids is 1. The van der Waals surface area contributed by atoms with Crippen molar-refractivity contribution in [1.82, 2.24) is 0 Å². The Bertz CT molecular complexity index is 125. The molecule has 0 aromatic heterocycles. The fourth-order valence-corrected chi connectivity index (χ4v) is 1.71. The van der Waals surface area contributed by atoms with Gasteiger partial charge < -0.3 is 0 Å². The number of carbonyl (C=O) groups is 1. The summed E-state index contributed by atoms with van der Waals surface area (Å²) in [6.45, 7) is 1.68. The van der Waals surface area contributed by atoms with Crippen molar-refractivity contribution in [3.8, 4) is 0 Å². The summed E-state index contributed by atoms with van der Waals surface area (Å²) in [6, 6.07) is 0. The molecule has 0 N–H and O–H groups in total. The van der Waals surface area contributed by atoms with Gasteiger partial charge in [-0.15, -0.1) is 11.6 Å². The summed E-state index contributed by atoms with van der Waals surface area (Å²) < 4.78 is 0. The normalized spacial score (nSPS) is 33.8. The van der Waals surface area contributed by atoms with Crippen molar-refractivity contribution >= 4 is 17.4 Å². The van der Waals surface area contributed by atoms with Crippen LogP contribution in [0.2, 0.25) is 0 Å². The molecule has 0 aromatic carbocycles. The quantitative estimate of drug-likeness (QED) is 0.539. The topological polar surface area (TPSA) is 17.1 Å². The van der Waals surface area contributed by atoms with Gasteiger partial charge in [0.05, 0.1) is 0 Å². The van der Waals surface area contributed by atoms with Crippen LogP contribution in [0, 0.1) is 5.92 Å². The molecule has 1 aliphatic carbocycles. The molecule has 2 heteroatoms. The molecular weight excluding hydrogens is 148 g/mol. The SMILES string of the molecule is CC(=O)C1CCC(Cl)CC1. The van der Waals surface area contributed by atoms with E-state index in [1.165, 1.54) is 0 Å². The Balaban J connectivity index is 2.33. The summed E-state index contributed by atoms with van der Waals surface area (Å²) in [7, 11) is 0. The Morgan fingerprint density at radius 3 is 2.20 bits per heavy atom. The molecule has 0 bridgehead atoms. The second kappa shape index (κ2) is 3.38. The van der Waals surface area contributed by atoms with Gasteiger partial charge in [0.1, 0.15) is 5.78 Å². The fraction of sp³-hybridized carbons (Fsp3) is 0.875. The van der Waals surface area contributed by atoms with Crippen molar-refractivity contribution in [3.63, 3.8) is 0 Å². The average molecular weight is 161 g/mol. The lowest BCUT2D eigenvalue weighted by atomic mass is 9.86. The van der Waals surface area contributed by atoms with Gasteiger partial charge in [-0.25, -0.2) is 0 Å². The second-order valence-corrected chi connectivity index (χ2v) is 3.68. The largest absolute Gasteiger partial charge is 0.300 e. The molecule has 1 rings (SSSR count). The molecule has 0 amide bonds. The molecule has 0 unspecified atom stereocenters. The standard InChI is InChI=1S/C8H13ClO/c1-6(10)7-2-4-8(9)5-3-7/h7-8H,2-5H2,1H3. The summed E-state index contributed by atoms with van der Waals surface area (Å²) in [5, 5.41) is 0.329. The molecule has 0 aromatic rings. The summed E-state index contributed by atoms with van der Waals surface area (Å²) in [4.78, 5) is 10.9. The molecular formula is C8H13ClO. The van der Waals surface area contributed by atoms with Gasteiger partial charge in [-0.1, -0.05) is 0 Å². The fourth-order valence-electron chi connectivity index (χ4n) is 1.46. The highest BCUT2D eigenvalue weighted by Crippen LogP contribution is 2.27. The molecule has 0 atom stereocenters. The Hall–Kier alpha value is -0.0400. The highest BCUT2D eigenvalue weighted by molar-refractivity contribution is 6.20. The maximum absolute atomic E-state index is 10.9. The van der Waals surface area contributed by atoms with Gasteiger partial charge in [0.2, 0.25) is 0 Å². The van der Waals surface area contributed by atoms with Gasteiger partial charge in [-0.3, -0.25) is 4.79 Å². The zero-order chi connectivity index (χ0) is 7.56. The van der Waals surface area contributed by atoms with Gasteiger partial charge in [-0.05, 0) is 32.6 Å². The third kappa shape index (κ3) is 1.98. The highest BCUT2D eigenvalue weighted by atomic mass is 35.5. The van der Waals surface area contributed by atoms with E-state index in [0.29, 0.717) is 17.1 Å². The van der Waals surface area contributed by atoms with E-state index in [0.717, 1.165) is 25.7 Å². The van der Waals surface area contributed by atoms with Crippen LogP contribution in [-0.4, -0.2) is 11.2 Å². The lowest BCUT2D eigenvalue weighted by Crippen LogP contribution is -2.19. The molecule has 0 heterocycles. The zero-order valence-electron chi connectivity index (χ0n) is 6.27. The van der Waals surface area contributed by atoms with Crippen LogP contribution in [0.4, 0.5) is 0 Å². The van der Waals surface area contributed by atoms with Crippen molar-refractivity contribution in [2.24, 2.45) is 5.92 Å². The number of alkyl halides is 1. The predicted octanol–water partition coefficient (Wildman–Crippen LogP) is 2.37. The Morgan fingerprint density at radius 1 is 1.30 bits per heavy atom. The van der Waals surface area contributed by atoms with E-state index in [4.69, 9.17) is 11.6 Å². The number of hydrogen-bond acceptors (Lipinski definition) is 1. The number of Topliss-reactive ketones (excluding diaryl/α,β-unsaturated/α-hetero) is 1. The first-order chi connectivity index (χ1) is 4.70. The maximum atomic E-state index is 10.9. The van der Waals surface area contributed by atoms with Gasteiger partial charge in [0.25, 0.3) is 0 Å². The lowest BCUT2D eigenvalue weighted by Gasteiger charge is -2.22. The summed E-state index contributed by atoms with van der Waals surface area (Å²) >= 11 is 5.88. The molecule has 0 aliphatic heterocycles. The molecule has 10 heavy (non-hydrogen) atoms. The zero-order valence-corrected chi connectivity index (χ0v) is 7.03. The van der Waals surface area contributed by atoms with Crippen molar-refractivity contribution in [1.29, 1.82) is 0 Å². The van der Waals surface area contributed by atoms with Crippen molar-refractivity contribution in [2.75, 3.05) is 0 Å². The third-order valence-corrected chi connectivity index (χ3v) is 2.67. The van der Waals surface area contributed by atoms with Crippen molar-refractivity contribution in [3.05, 3.63) is 0 Å². The van der Waals surface area contributed by atoms with Gasteiger partial charge in [0.15, 0.2) is 0 Å². The first-order valence-corrected chi connectivity index (χ1v) is 4.28. The molecule has 1 nitrogen and oxygen atoms in total. The molecule has 1 aliphatic rings. The monoisotopic (exact) mass is 160 g/mol. The Labute approximate surface area is 66.8 Å². The average Bonchev–Trinajstić information content (AvgIpc) is 1.88. The number of ketones is 1. The summed E-state index contributed by atoms with van der Waals surface area (Å²) in [5.74, 6) is 0.651. The maximum Gasteiger partial charge on any atom is 0.132 e. The summed E-state index contributed by atoms with van der Waals surface area (Å²) in [6.07, 6.45) is 4.05. The van der Waals surface area contributed by atoms with E-state index in [1.807, 2.05) is 0 Å². The number of hydrogen-bond donors (Lipinski definition) is 0. The molecule has 58 valence electrons. The molecule has 1 fully saturated rings. The van der Waals surface area contributed by atoms with Crippen molar-refractivity contribution < 1.29 is 4.79 Å². The number of halogens is 1. The highest BCUT2D eigenvalue weighted by Gasteiger charge is 2.21. The van der Waals surface area contributed by atoms with E-state index < -0.39 is 0 Å². The minimum absolute atomic E-state index is 0.315. The van der Waals surface area contributed by atoms with Gasteiger partial charge in [0, 0.05) is 11.3 Å². The van der Waals surface area contributed by atoms with Crippen LogP contribution >= 0.6 is 11.6 Å². The molecule has 1 saturated carbocycles. The first kappa shape index (κ1) is 8.06. The van der Waals surface area contributed by atoms with Gasteiger partial charge >= 0.3 is 0 Å². The summed E-state index contributed by atoms with van der Waals surface area (Å²) in [5.41, 5.74) is 0. The van der Waals surface area contributed by atoms with Crippen LogP contribution in [-0.2, 0) is 4.79 Å². The smallest absolute Gasteiger partial charge is 0.132 e. The van der Waals surface area contributed by atoms with E-state index in [2.05, 4.69) is 0 Å². The molecule has 0 spiro atoms. The van der Waals surface area contributed by atoms with Crippen LogP contribution in [0.3, 0.4) is 0 Å². The third-order valence-electron chi connectivity index (χ3n) is 2.23. The lowest BCUT2D eigenvalue weighted by molar-refractivity contribution is -0.121. The van der Waals surface area contributed by atoms with E-state index in [1.54, 1.807) is 6.92 Å². The van der Waals surface area contributed by atoms with Crippen LogP contribution in [0.15, 0.2) is 0 Å². The Kier molecular flexibility index (Phi) is 2.72. The van der Waals surface area contributed by atoms with Crippen LogP contribution in [0.5, 0.6) is 0 Å². The molecule has 0 saturated heterocycles. The van der Waals surface area contributed by atoms with Crippen LogP contribution in [0.1, 0.15) is 32.6 Å². The second-order valence-electron chi connectivity index (χ2n) is 3.06. The predicted molar refractivity (Wildman–Crippen MR) is 42.3 cm³/mol. The van der Waals surface area contributed by atoms with E-state index in [-0.39, 0.29) is 0 Å². The Morgan fingerprint density at radius 2 is 1.80 bits per heavy atom.